The van der Waals surface area contributed by atoms with Gasteiger partial charge >= 0.3 is 6.09 Å². The van der Waals surface area contributed by atoms with Crippen LogP contribution in [0.15, 0.2) is 18.2 Å². The Hall–Kier alpha value is -2.02. The quantitative estimate of drug-likeness (QED) is 0.875. The van der Waals surface area contributed by atoms with Crippen molar-refractivity contribution in [3.63, 3.8) is 0 Å². The fraction of sp³-hybridized carbons (Fsp3) is 0.467. The highest BCUT2D eigenvalue weighted by Gasteiger charge is 2.17. The Balaban J connectivity index is 2.81. The van der Waals surface area contributed by atoms with Crippen LogP contribution in [0.2, 0.25) is 0 Å². The molecule has 0 aromatic heterocycles. The van der Waals surface area contributed by atoms with E-state index in [4.69, 9.17) is 10.00 Å². The molecule has 0 saturated heterocycles. The molecule has 0 bridgehead atoms. The van der Waals surface area contributed by atoms with Gasteiger partial charge in [0.25, 0.3) is 0 Å². The lowest BCUT2D eigenvalue weighted by molar-refractivity contribution is 0.0636. The van der Waals surface area contributed by atoms with Crippen LogP contribution < -0.4 is 5.32 Å². The van der Waals surface area contributed by atoms with Gasteiger partial charge < -0.3 is 4.74 Å². The van der Waals surface area contributed by atoms with Crippen LogP contribution in [-0.4, -0.2) is 11.7 Å². The molecular weight excluding hydrogens is 240 g/mol. The number of nitriles is 1. The van der Waals surface area contributed by atoms with Crippen LogP contribution in [0, 0.1) is 18.3 Å². The Morgan fingerprint density at radius 2 is 2.05 bits per heavy atom. The third-order valence-corrected chi connectivity index (χ3v) is 2.58. The number of hydrogen-bond acceptors (Lipinski definition) is 3. The van der Waals surface area contributed by atoms with Crippen LogP contribution in [0.5, 0.6) is 0 Å². The van der Waals surface area contributed by atoms with Crippen LogP contribution in [0.25, 0.3) is 0 Å². The number of nitrogens with one attached hydrogen (secondary N) is 1. The molecule has 1 atom stereocenters. The van der Waals surface area contributed by atoms with E-state index in [-0.39, 0.29) is 5.92 Å². The minimum absolute atomic E-state index is 0.158. The van der Waals surface area contributed by atoms with Crippen molar-refractivity contribution in [3.8, 4) is 6.07 Å². The maximum Gasteiger partial charge on any atom is 0.412 e. The number of benzene rings is 1. The van der Waals surface area contributed by atoms with E-state index in [1.807, 2.05) is 46.8 Å². The van der Waals surface area contributed by atoms with E-state index in [2.05, 4.69) is 11.4 Å². The first kappa shape index (κ1) is 15.0. The first-order chi connectivity index (χ1) is 8.73. The highest BCUT2D eigenvalue weighted by molar-refractivity contribution is 5.86. The van der Waals surface area contributed by atoms with Gasteiger partial charge in [0.15, 0.2) is 0 Å². The first-order valence-electron chi connectivity index (χ1n) is 6.23. The SMILES string of the molecule is Cc1cc(C(C)C#N)ccc1NC(=O)OC(C)(C)C. The van der Waals surface area contributed by atoms with E-state index >= 15 is 0 Å². The van der Waals surface area contributed by atoms with E-state index in [9.17, 15) is 4.79 Å². The predicted molar refractivity (Wildman–Crippen MR) is 75.1 cm³/mol. The second kappa shape index (κ2) is 5.75. The van der Waals surface area contributed by atoms with Gasteiger partial charge in [-0.05, 0) is 51.8 Å². The van der Waals surface area contributed by atoms with Gasteiger partial charge in [-0.15, -0.1) is 0 Å². The molecule has 0 aliphatic heterocycles. The molecule has 1 N–H and O–H groups in total. The highest BCUT2D eigenvalue weighted by Crippen LogP contribution is 2.22. The zero-order valence-electron chi connectivity index (χ0n) is 12.1. The van der Waals surface area contributed by atoms with Gasteiger partial charge in [-0.25, -0.2) is 4.79 Å². The topological polar surface area (TPSA) is 62.1 Å². The second-order valence-electron chi connectivity index (χ2n) is 5.55. The van der Waals surface area contributed by atoms with Gasteiger partial charge in [-0.2, -0.15) is 5.26 Å². The molecule has 1 aromatic rings. The summed E-state index contributed by atoms with van der Waals surface area (Å²) in [4.78, 5) is 11.7. The molecule has 1 rings (SSSR count). The maximum atomic E-state index is 11.7. The molecule has 4 nitrogen and oxygen atoms in total. The average molecular weight is 260 g/mol. The minimum Gasteiger partial charge on any atom is -0.444 e. The summed E-state index contributed by atoms with van der Waals surface area (Å²) in [5.41, 5.74) is 2.02. The maximum absolute atomic E-state index is 11.7. The van der Waals surface area contributed by atoms with E-state index in [0.29, 0.717) is 5.69 Å². The van der Waals surface area contributed by atoms with Gasteiger partial charge in [0.05, 0.1) is 12.0 Å². The highest BCUT2D eigenvalue weighted by atomic mass is 16.6. The number of amides is 1. The van der Waals surface area contributed by atoms with Crippen molar-refractivity contribution in [2.24, 2.45) is 0 Å². The molecule has 102 valence electrons. The summed E-state index contributed by atoms with van der Waals surface area (Å²) in [6, 6.07) is 7.73. The van der Waals surface area contributed by atoms with E-state index < -0.39 is 11.7 Å². The lowest BCUT2D eigenvalue weighted by atomic mass is 10.00. The molecule has 0 spiro atoms. The third kappa shape index (κ3) is 4.63. The average Bonchev–Trinajstić information content (AvgIpc) is 2.28. The zero-order chi connectivity index (χ0) is 14.6. The Bertz CT molecular complexity index is 510. The first-order valence-corrected chi connectivity index (χ1v) is 6.23. The standard InChI is InChI=1S/C15H20N2O2/c1-10-8-12(11(2)9-16)6-7-13(10)17-14(18)19-15(3,4)5/h6-8,11H,1-5H3,(H,17,18). The van der Waals surface area contributed by atoms with Crippen molar-refractivity contribution in [1.82, 2.24) is 0 Å². The van der Waals surface area contributed by atoms with Crippen LogP contribution in [0.4, 0.5) is 10.5 Å². The molecule has 4 heteroatoms. The van der Waals surface area contributed by atoms with Gasteiger partial charge in [-0.3, -0.25) is 5.32 Å². The number of anilines is 1. The normalized spacial score (nSPS) is 12.4. The Labute approximate surface area is 114 Å². The summed E-state index contributed by atoms with van der Waals surface area (Å²) in [5.74, 6) is -0.158. The van der Waals surface area contributed by atoms with Crippen molar-refractivity contribution in [1.29, 1.82) is 5.26 Å². The largest absolute Gasteiger partial charge is 0.444 e. The molecule has 0 saturated carbocycles. The molecule has 0 aliphatic carbocycles. The molecular formula is C15H20N2O2. The van der Waals surface area contributed by atoms with Gasteiger partial charge in [0.1, 0.15) is 5.60 Å². The van der Waals surface area contributed by atoms with Crippen LogP contribution >= 0.6 is 0 Å². The van der Waals surface area contributed by atoms with Crippen molar-refractivity contribution in [2.75, 3.05) is 5.32 Å². The number of hydrogen-bond donors (Lipinski definition) is 1. The van der Waals surface area contributed by atoms with Gasteiger partial charge in [0, 0.05) is 5.69 Å². The molecule has 1 unspecified atom stereocenters. The predicted octanol–water partition coefficient (Wildman–Crippen LogP) is 3.97. The molecule has 0 aliphatic rings. The smallest absolute Gasteiger partial charge is 0.412 e. The van der Waals surface area contributed by atoms with Crippen LogP contribution in [0.1, 0.15) is 44.7 Å². The number of rotatable bonds is 2. The molecule has 1 aromatic carbocycles. The summed E-state index contributed by atoms with van der Waals surface area (Å²) < 4.78 is 5.19. The van der Waals surface area contributed by atoms with E-state index in [1.54, 1.807) is 6.07 Å². The van der Waals surface area contributed by atoms with Crippen molar-refractivity contribution >= 4 is 11.8 Å². The molecule has 19 heavy (non-hydrogen) atoms. The number of carbonyl (C=O) groups excluding carboxylic acids is 1. The molecule has 1 amide bonds. The molecule has 0 fully saturated rings. The molecule has 0 radical (unpaired) electrons. The number of ether oxygens (including phenoxy) is 1. The van der Waals surface area contributed by atoms with Gasteiger partial charge in [-0.1, -0.05) is 12.1 Å². The van der Waals surface area contributed by atoms with Gasteiger partial charge in [0.2, 0.25) is 0 Å². The van der Waals surface area contributed by atoms with Crippen molar-refractivity contribution in [3.05, 3.63) is 29.3 Å². The summed E-state index contributed by atoms with van der Waals surface area (Å²) in [5, 5.41) is 11.6. The van der Waals surface area contributed by atoms with E-state index in [0.717, 1.165) is 11.1 Å². The Morgan fingerprint density at radius 1 is 1.42 bits per heavy atom. The fourth-order valence-electron chi connectivity index (χ4n) is 1.58. The lowest BCUT2D eigenvalue weighted by Gasteiger charge is -2.20. The minimum atomic E-state index is -0.521. The van der Waals surface area contributed by atoms with Crippen molar-refractivity contribution < 1.29 is 9.53 Å². The summed E-state index contributed by atoms with van der Waals surface area (Å²) in [6.07, 6.45) is -0.475. The Kier molecular flexibility index (Phi) is 4.55. The van der Waals surface area contributed by atoms with Crippen LogP contribution in [0.3, 0.4) is 0 Å². The second-order valence-corrected chi connectivity index (χ2v) is 5.55. The molecule has 0 heterocycles. The fourth-order valence-corrected chi connectivity index (χ4v) is 1.58. The van der Waals surface area contributed by atoms with Crippen molar-refractivity contribution in [2.45, 2.75) is 46.1 Å². The monoisotopic (exact) mass is 260 g/mol. The number of nitrogens with zero attached hydrogens (tertiary/aromatic N) is 1. The third-order valence-electron chi connectivity index (χ3n) is 2.58. The summed E-state index contributed by atoms with van der Waals surface area (Å²) >= 11 is 0. The zero-order valence-corrected chi connectivity index (χ0v) is 12.1. The van der Waals surface area contributed by atoms with E-state index in [1.165, 1.54) is 0 Å². The Morgan fingerprint density at radius 3 is 2.53 bits per heavy atom. The summed E-state index contributed by atoms with van der Waals surface area (Å²) in [6.45, 7) is 9.18. The summed E-state index contributed by atoms with van der Waals surface area (Å²) in [7, 11) is 0. The van der Waals surface area contributed by atoms with Crippen LogP contribution in [-0.2, 0) is 4.74 Å². The number of aryl methyl sites for hydroxylation is 1. The lowest BCUT2D eigenvalue weighted by Crippen LogP contribution is -2.27. The number of carbonyl (C=O) groups is 1.